The maximum absolute atomic E-state index is 13.6. The summed E-state index contributed by atoms with van der Waals surface area (Å²) in [5, 5.41) is 2.75. The van der Waals surface area contributed by atoms with E-state index in [1.807, 2.05) is 0 Å². The van der Waals surface area contributed by atoms with Crippen molar-refractivity contribution in [2.75, 3.05) is 19.0 Å². The molecule has 3 N–H and O–H groups in total. The number of carbonyl (C=O) groups excluding carboxylic acids is 3. The molecule has 31 heavy (non-hydrogen) atoms. The molecule has 8 nitrogen and oxygen atoms in total. The maximum atomic E-state index is 13.6. The number of fused-ring (bicyclic) bond motifs is 2. The molecule has 4 rings (SSSR count). The molecule has 8 heteroatoms. The predicted octanol–water partition coefficient (Wildman–Crippen LogP) is 2.22. The number of ether oxygens (including phenoxy) is 3. The molecule has 0 radical (unpaired) electrons. The number of hydrogen-bond donors (Lipinski definition) is 2. The average molecular weight is 420 g/mol. The number of para-hydroxylation sites is 1. The summed E-state index contributed by atoms with van der Waals surface area (Å²) >= 11 is 0. The highest BCUT2D eigenvalue weighted by atomic mass is 16.5. The smallest absolute Gasteiger partial charge is 0.340 e. The highest BCUT2D eigenvalue weighted by Gasteiger charge is 2.62. The molecule has 1 unspecified atom stereocenters. The summed E-state index contributed by atoms with van der Waals surface area (Å²) < 4.78 is 16.0. The Morgan fingerprint density at radius 3 is 2.39 bits per heavy atom. The van der Waals surface area contributed by atoms with Gasteiger partial charge < -0.3 is 25.3 Å². The largest absolute Gasteiger partial charge is 0.465 e. The van der Waals surface area contributed by atoms with Gasteiger partial charge in [0.1, 0.15) is 22.3 Å². The fourth-order valence-corrected chi connectivity index (χ4v) is 4.04. The van der Waals surface area contributed by atoms with E-state index in [4.69, 9.17) is 19.9 Å². The van der Waals surface area contributed by atoms with Gasteiger partial charge in [0, 0.05) is 16.8 Å². The molecule has 1 amide bonds. The normalized spacial score (nSPS) is 19.6. The van der Waals surface area contributed by atoms with E-state index in [2.05, 4.69) is 5.32 Å². The van der Waals surface area contributed by atoms with Crippen molar-refractivity contribution in [3.63, 3.8) is 0 Å². The Bertz CT molecular complexity index is 1150. The van der Waals surface area contributed by atoms with Gasteiger partial charge in [-0.3, -0.25) is 4.79 Å². The molecular weight excluding hydrogens is 400 g/mol. The van der Waals surface area contributed by atoms with Crippen LogP contribution in [0.4, 0.5) is 5.69 Å². The second-order valence-corrected chi connectivity index (χ2v) is 6.87. The first-order chi connectivity index (χ1) is 15.0. The second-order valence-electron chi connectivity index (χ2n) is 6.87. The first-order valence-electron chi connectivity index (χ1n) is 9.61. The number of methoxy groups -OCH3 is 1. The SMILES string of the molecule is CCOC(=O)C1=C(c2ccccc2)OC(N)=C(C(=O)OC)C12C(=O)Nc1ccccc12. The molecule has 2 aromatic carbocycles. The zero-order chi connectivity index (χ0) is 22.2. The molecule has 0 fully saturated rings. The van der Waals surface area contributed by atoms with Crippen LogP contribution in [0.5, 0.6) is 0 Å². The van der Waals surface area contributed by atoms with E-state index in [9.17, 15) is 14.4 Å². The van der Waals surface area contributed by atoms with E-state index in [1.54, 1.807) is 61.5 Å². The fraction of sp³-hybridized carbons (Fsp3) is 0.174. The van der Waals surface area contributed by atoms with Gasteiger partial charge in [0.25, 0.3) is 0 Å². The maximum Gasteiger partial charge on any atom is 0.340 e. The topological polar surface area (TPSA) is 117 Å². The van der Waals surface area contributed by atoms with Crippen LogP contribution in [0.1, 0.15) is 18.1 Å². The van der Waals surface area contributed by atoms with Crippen LogP contribution in [-0.4, -0.2) is 31.6 Å². The third-order valence-corrected chi connectivity index (χ3v) is 5.26. The Balaban J connectivity index is 2.15. The summed E-state index contributed by atoms with van der Waals surface area (Å²) in [5.41, 5.74) is 5.18. The fourth-order valence-electron chi connectivity index (χ4n) is 4.04. The Kier molecular flexibility index (Phi) is 4.98. The van der Waals surface area contributed by atoms with Gasteiger partial charge in [0.2, 0.25) is 11.8 Å². The molecule has 0 aromatic heterocycles. The molecule has 1 spiro atoms. The van der Waals surface area contributed by atoms with Gasteiger partial charge in [-0.1, -0.05) is 48.5 Å². The van der Waals surface area contributed by atoms with Gasteiger partial charge in [-0.05, 0) is 13.0 Å². The monoisotopic (exact) mass is 420 g/mol. The van der Waals surface area contributed by atoms with Crippen molar-refractivity contribution in [2.45, 2.75) is 12.3 Å². The number of hydrogen-bond acceptors (Lipinski definition) is 7. The van der Waals surface area contributed by atoms with Crippen molar-refractivity contribution in [3.05, 3.63) is 82.8 Å². The van der Waals surface area contributed by atoms with Crippen molar-refractivity contribution in [1.29, 1.82) is 0 Å². The molecule has 2 aliphatic rings. The van der Waals surface area contributed by atoms with Crippen LogP contribution in [0.2, 0.25) is 0 Å². The minimum absolute atomic E-state index is 0.0380. The lowest BCUT2D eigenvalue weighted by Crippen LogP contribution is -2.48. The van der Waals surface area contributed by atoms with Crippen LogP contribution in [-0.2, 0) is 34.0 Å². The third-order valence-electron chi connectivity index (χ3n) is 5.26. The summed E-state index contributed by atoms with van der Waals surface area (Å²) in [6.45, 7) is 1.70. The molecule has 2 aromatic rings. The number of benzene rings is 2. The summed E-state index contributed by atoms with van der Waals surface area (Å²) in [6.07, 6.45) is 0. The lowest BCUT2D eigenvalue weighted by molar-refractivity contribution is -0.141. The van der Waals surface area contributed by atoms with Crippen molar-refractivity contribution in [3.8, 4) is 0 Å². The third kappa shape index (κ3) is 2.87. The summed E-state index contributed by atoms with van der Waals surface area (Å²) in [6, 6.07) is 15.5. The molecule has 158 valence electrons. The molecule has 2 heterocycles. The number of anilines is 1. The molecule has 1 atom stereocenters. The van der Waals surface area contributed by atoms with E-state index >= 15 is 0 Å². The Morgan fingerprint density at radius 1 is 1.03 bits per heavy atom. The standard InChI is InChI=1S/C23H20N2O6/c1-3-30-21(27)16-18(13-9-5-4-6-10-13)31-19(24)17(20(26)29-2)23(16)14-11-7-8-12-15(14)25-22(23)28/h4-12H,3,24H2,1-2H3,(H,25,28). The van der Waals surface area contributed by atoms with E-state index < -0.39 is 23.3 Å². The Hall–Kier alpha value is -4.07. The minimum atomic E-state index is -1.90. The van der Waals surface area contributed by atoms with Crippen molar-refractivity contribution in [2.24, 2.45) is 5.73 Å². The average Bonchev–Trinajstić information content (AvgIpc) is 3.06. The van der Waals surface area contributed by atoms with Crippen molar-refractivity contribution in [1.82, 2.24) is 0 Å². The predicted molar refractivity (Wildman–Crippen MR) is 111 cm³/mol. The second kappa shape index (κ2) is 7.64. The number of rotatable bonds is 4. The van der Waals surface area contributed by atoms with E-state index in [0.29, 0.717) is 16.8 Å². The molecule has 2 aliphatic heterocycles. The highest BCUT2D eigenvalue weighted by Crippen LogP contribution is 2.53. The van der Waals surface area contributed by atoms with Crippen LogP contribution < -0.4 is 11.1 Å². The Morgan fingerprint density at radius 2 is 1.71 bits per heavy atom. The number of carbonyl (C=O) groups is 3. The van der Waals surface area contributed by atoms with Crippen molar-refractivity contribution < 1.29 is 28.6 Å². The number of nitrogens with one attached hydrogen (secondary N) is 1. The molecule has 0 saturated heterocycles. The van der Waals surface area contributed by atoms with Gasteiger partial charge in [-0.2, -0.15) is 0 Å². The quantitative estimate of drug-likeness (QED) is 0.729. The van der Waals surface area contributed by atoms with E-state index in [1.165, 1.54) is 0 Å². The van der Waals surface area contributed by atoms with Crippen LogP contribution in [0, 0.1) is 0 Å². The molecule has 0 bridgehead atoms. The lowest BCUT2D eigenvalue weighted by Gasteiger charge is -2.36. The molecule has 0 aliphatic carbocycles. The van der Waals surface area contributed by atoms with Gasteiger partial charge in [0.15, 0.2) is 0 Å². The summed E-state index contributed by atoms with van der Waals surface area (Å²) in [5.74, 6) is -2.61. The number of amides is 1. The first-order valence-corrected chi connectivity index (χ1v) is 9.61. The molecule has 0 saturated carbocycles. The van der Waals surface area contributed by atoms with Crippen LogP contribution in [0.3, 0.4) is 0 Å². The van der Waals surface area contributed by atoms with Gasteiger partial charge in [0.05, 0.1) is 13.7 Å². The molecular formula is C23H20N2O6. The van der Waals surface area contributed by atoms with E-state index in [-0.39, 0.29) is 29.4 Å². The van der Waals surface area contributed by atoms with Crippen LogP contribution in [0.15, 0.2) is 71.6 Å². The van der Waals surface area contributed by atoms with Gasteiger partial charge in [-0.15, -0.1) is 0 Å². The van der Waals surface area contributed by atoms with Gasteiger partial charge >= 0.3 is 11.9 Å². The zero-order valence-corrected chi connectivity index (χ0v) is 16.9. The lowest BCUT2D eigenvalue weighted by atomic mass is 9.67. The zero-order valence-electron chi connectivity index (χ0n) is 16.9. The van der Waals surface area contributed by atoms with Crippen LogP contribution in [0.25, 0.3) is 5.76 Å². The van der Waals surface area contributed by atoms with Crippen LogP contribution >= 0.6 is 0 Å². The van der Waals surface area contributed by atoms with Gasteiger partial charge in [-0.25, -0.2) is 9.59 Å². The summed E-state index contributed by atoms with van der Waals surface area (Å²) in [4.78, 5) is 39.7. The van der Waals surface area contributed by atoms with Crippen molar-refractivity contribution >= 4 is 29.3 Å². The minimum Gasteiger partial charge on any atom is -0.465 e. The number of esters is 2. The first kappa shape index (κ1) is 20.2. The Labute approximate surface area is 178 Å². The highest BCUT2D eigenvalue weighted by molar-refractivity contribution is 6.23. The summed E-state index contributed by atoms with van der Waals surface area (Å²) in [7, 11) is 1.16. The van der Waals surface area contributed by atoms with E-state index in [0.717, 1.165) is 7.11 Å². The number of nitrogens with two attached hydrogens (primary N) is 1.